The van der Waals surface area contributed by atoms with Crippen LogP contribution < -0.4 is 10.6 Å². The van der Waals surface area contributed by atoms with E-state index in [2.05, 4.69) is 21.9 Å². The topological polar surface area (TPSA) is 55.0 Å². The average Bonchev–Trinajstić information content (AvgIpc) is 2.68. The van der Waals surface area contributed by atoms with Crippen LogP contribution in [0.2, 0.25) is 0 Å². The van der Waals surface area contributed by atoms with Crippen LogP contribution in [0.25, 0.3) is 0 Å². The summed E-state index contributed by atoms with van der Waals surface area (Å²) in [5.41, 5.74) is 6.59. The van der Waals surface area contributed by atoms with E-state index in [4.69, 9.17) is 5.73 Å². The lowest BCUT2D eigenvalue weighted by molar-refractivity contribution is 0.545. The van der Waals surface area contributed by atoms with Gasteiger partial charge >= 0.3 is 0 Å². The third kappa shape index (κ3) is 2.62. The maximum Gasteiger partial charge on any atom is 0.222 e. The molecule has 0 unspecified atom stereocenters. The second-order valence-corrected chi connectivity index (χ2v) is 4.76. The molecule has 1 aromatic rings. The van der Waals surface area contributed by atoms with Crippen LogP contribution in [0.15, 0.2) is 6.07 Å². The maximum absolute atomic E-state index is 5.66. The fourth-order valence-corrected chi connectivity index (χ4v) is 2.44. The van der Waals surface area contributed by atoms with E-state index in [0.717, 1.165) is 24.0 Å². The van der Waals surface area contributed by atoms with Crippen LogP contribution in [0.5, 0.6) is 0 Å². The molecule has 0 spiro atoms. The first-order valence-corrected chi connectivity index (χ1v) is 5.97. The molecule has 4 heteroatoms. The van der Waals surface area contributed by atoms with E-state index < -0.39 is 0 Å². The highest BCUT2D eigenvalue weighted by molar-refractivity contribution is 5.42. The Hall–Kier alpha value is -1.32. The van der Waals surface area contributed by atoms with Crippen molar-refractivity contribution >= 4 is 11.8 Å². The van der Waals surface area contributed by atoms with Crippen LogP contribution in [0.3, 0.4) is 0 Å². The SMILES string of the molecule is Cc1cc(N(C)CC2CCCC2)nc(N)n1. The first-order valence-electron chi connectivity index (χ1n) is 5.97. The number of rotatable bonds is 3. The molecule has 1 heterocycles. The summed E-state index contributed by atoms with van der Waals surface area (Å²) < 4.78 is 0. The minimum absolute atomic E-state index is 0.369. The van der Waals surface area contributed by atoms with E-state index in [-0.39, 0.29) is 0 Å². The average molecular weight is 220 g/mol. The summed E-state index contributed by atoms with van der Waals surface area (Å²) in [6.07, 6.45) is 5.46. The van der Waals surface area contributed by atoms with Crippen LogP contribution in [0.4, 0.5) is 11.8 Å². The Morgan fingerprint density at radius 2 is 2.06 bits per heavy atom. The molecule has 0 aliphatic heterocycles. The standard InChI is InChI=1S/C12H20N4/c1-9-7-11(15-12(13)14-9)16(2)8-10-5-3-4-6-10/h7,10H,3-6,8H2,1-2H3,(H2,13,14,15). The molecule has 1 aromatic heterocycles. The molecule has 88 valence electrons. The molecule has 0 saturated heterocycles. The van der Waals surface area contributed by atoms with Crippen molar-refractivity contribution in [3.05, 3.63) is 11.8 Å². The highest BCUT2D eigenvalue weighted by atomic mass is 15.2. The Morgan fingerprint density at radius 3 is 2.69 bits per heavy atom. The summed E-state index contributed by atoms with van der Waals surface area (Å²) >= 11 is 0. The summed E-state index contributed by atoms with van der Waals surface area (Å²) in [6.45, 7) is 3.03. The Labute approximate surface area is 96.9 Å². The molecule has 16 heavy (non-hydrogen) atoms. The number of anilines is 2. The lowest BCUT2D eigenvalue weighted by Gasteiger charge is -2.22. The van der Waals surface area contributed by atoms with E-state index in [1.807, 2.05) is 13.0 Å². The summed E-state index contributed by atoms with van der Waals surface area (Å²) in [5.74, 6) is 2.13. The van der Waals surface area contributed by atoms with Gasteiger partial charge in [0.25, 0.3) is 0 Å². The van der Waals surface area contributed by atoms with Crippen molar-refractivity contribution in [3.63, 3.8) is 0 Å². The van der Waals surface area contributed by atoms with Crippen LogP contribution in [-0.4, -0.2) is 23.6 Å². The minimum atomic E-state index is 0.369. The van der Waals surface area contributed by atoms with Gasteiger partial charge in [-0.15, -0.1) is 0 Å². The highest BCUT2D eigenvalue weighted by Gasteiger charge is 2.17. The maximum atomic E-state index is 5.66. The summed E-state index contributed by atoms with van der Waals surface area (Å²) in [4.78, 5) is 10.6. The Kier molecular flexibility index (Phi) is 3.27. The van der Waals surface area contributed by atoms with Gasteiger partial charge in [-0.25, -0.2) is 4.98 Å². The third-order valence-electron chi connectivity index (χ3n) is 3.26. The number of hydrogen-bond donors (Lipinski definition) is 1. The smallest absolute Gasteiger partial charge is 0.222 e. The van der Waals surface area contributed by atoms with Gasteiger partial charge in [0.2, 0.25) is 5.95 Å². The fourth-order valence-electron chi connectivity index (χ4n) is 2.44. The summed E-state index contributed by atoms with van der Waals surface area (Å²) in [6, 6.07) is 1.99. The molecule has 2 rings (SSSR count). The minimum Gasteiger partial charge on any atom is -0.368 e. The number of nitrogens with two attached hydrogens (primary N) is 1. The van der Waals surface area contributed by atoms with Gasteiger partial charge in [0.1, 0.15) is 5.82 Å². The number of nitrogens with zero attached hydrogens (tertiary/aromatic N) is 3. The molecular formula is C12H20N4. The monoisotopic (exact) mass is 220 g/mol. The summed E-state index contributed by atoms with van der Waals surface area (Å²) in [7, 11) is 2.08. The molecule has 0 amide bonds. The van der Waals surface area contributed by atoms with Crippen molar-refractivity contribution in [1.82, 2.24) is 9.97 Å². The van der Waals surface area contributed by atoms with Gasteiger partial charge in [0.05, 0.1) is 0 Å². The van der Waals surface area contributed by atoms with Crippen LogP contribution in [0, 0.1) is 12.8 Å². The molecule has 1 aliphatic carbocycles. The normalized spacial score (nSPS) is 16.6. The first-order chi connectivity index (χ1) is 7.65. The molecule has 2 N–H and O–H groups in total. The Bertz CT molecular complexity index is 338. The van der Waals surface area contributed by atoms with Gasteiger partial charge in [-0.05, 0) is 25.7 Å². The van der Waals surface area contributed by atoms with Crippen molar-refractivity contribution in [2.24, 2.45) is 5.92 Å². The third-order valence-corrected chi connectivity index (χ3v) is 3.26. The van der Waals surface area contributed by atoms with Gasteiger partial charge in [-0.1, -0.05) is 12.8 Å². The van der Waals surface area contributed by atoms with Crippen LogP contribution in [-0.2, 0) is 0 Å². The Morgan fingerprint density at radius 1 is 1.38 bits per heavy atom. The molecule has 0 bridgehead atoms. The highest BCUT2D eigenvalue weighted by Crippen LogP contribution is 2.26. The summed E-state index contributed by atoms with van der Waals surface area (Å²) in [5, 5.41) is 0. The van der Waals surface area contributed by atoms with Gasteiger partial charge in [-0.2, -0.15) is 4.98 Å². The zero-order valence-corrected chi connectivity index (χ0v) is 10.1. The van der Waals surface area contributed by atoms with Gasteiger partial charge < -0.3 is 10.6 Å². The zero-order valence-electron chi connectivity index (χ0n) is 10.1. The van der Waals surface area contributed by atoms with E-state index >= 15 is 0 Å². The van der Waals surface area contributed by atoms with Crippen molar-refractivity contribution in [1.29, 1.82) is 0 Å². The molecule has 4 nitrogen and oxygen atoms in total. The largest absolute Gasteiger partial charge is 0.368 e. The molecular weight excluding hydrogens is 200 g/mol. The lowest BCUT2D eigenvalue weighted by Crippen LogP contribution is -2.25. The lowest BCUT2D eigenvalue weighted by atomic mass is 10.1. The van der Waals surface area contributed by atoms with Gasteiger partial charge in [0, 0.05) is 25.4 Å². The molecule has 1 saturated carbocycles. The number of hydrogen-bond acceptors (Lipinski definition) is 4. The van der Waals surface area contributed by atoms with Crippen molar-refractivity contribution in [2.45, 2.75) is 32.6 Å². The number of aromatic nitrogens is 2. The van der Waals surface area contributed by atoms with E-state index in [0.29, 0.717) is 5.95 Å². The molecule has 0 aromatic carbocycles. The molecule has 0 radical (unpaired) electrons. The second kappa shape index (κ2) is 4.68. The number of aryl methyl sites for hydroxylation is 1. The van der Waals surface area contributed by atoms with Crippen LogP contribution in [0.1, 0.15) is 31.4 Å². The quantitative estimate of drug-likeness (QED) is 0.846. The fraction of sp³-hybridized carbons (Fsp3) is 0.667. The second-order valence-electron chi connectivity index (χ2n) is 4.76. The van der Waals surface area contributed by atoms with E-state index in [9.17, 15) is 0 Å². The van der Waals surface area contributed by atoms with Crippen molar-refractivity contribution in [2.75, 3.05) is 24.2 Å². The number of nitrogen functional groups attached to an aromatic ring is 1. The Balaban J connectivity index is 2.04. The van der Waals surface area contributed by atoms with E-state index in [1.165, 1.54) is 25.7 Å². The van der Waals surface area contributed by atoms with Gasteiger partial charge in [0.15, 0.2) is 0 Å². The van der Waals surface area contributed by atoms with Crippen molar-refractivity contribution < 1.29 is 0 Å². The van der Waals surface area contributed by atoms with Crippen LogP contribution >= 0.6 is 0 Å². The van der Waals surface area contributed by atoms with Gasteiger partial charge in [-0.3, -0.25) is 0 Å². The predicted octanol–water partition coefficient (Wildman–Crippen LogP) is 1.99. The predicted molar refractivity (Wildman–Crippen MR) is 66.4 cm³/mol. The molecule has 1 fully saturated rings. The van der Waals surface area contributed by atoms with Crippen molar-refractivity contribution in [3.8, 4) is 0 Å². The molecule has 1 aliphatic rings. The molecule has 0 atom stereocenters. The zero-order chi connectivity index (χ0) is 11.5. The first kappa shape index (κ1) is 11.2. The van der Waals surface area contributed by atoms with E-state index in [1.54, 1.807) is 0 Å².